The minimum absolute atomic E-state index is 0.0747. The summed E-state index contributed by atoms with van der Waals surface area (Å²) in [6.45, 7) is 2.84. The number of benzene rings is 2. The molecule has 33 heavy (non-hydrogen) atoms. The molecule has 3 aromatic rings. The number of aromatic nitrogens is 3. The molecule has 2 aliphatic rings. The predicted octanol–water partition coefficient (Wildman–Crippen LogP) is 4.50. The first-order valence-electron chi connectivity index (χ1n) is 11.6. The Morgan fingerprint density at radius 2 is 1.76 bits per heavy atom. The average molecular weight is 466 g/mol. The van der Waals surface area contributed by atoms with Crippen LogP contribution >= 0.6 is 11.8 Å². The second-order valence-electron chi connectivity index (χ2n) is 8.74. The Morgan fingerprint density at radius 1 is 1.03 bits per heavy atom. The predicted molar refractivity (Wildman–Crippen MR) is 127 cm³/mol. The van der Waals surface area contributed by atoms with Crippen LogP contribution in [0, 0.1) is 5.82 Å². The largest absolute Gasteiger partial charge is 0.352 e. The van der Waals surface area contributed by atoms with E-state index in [-0.39, 0.29) is 17.8 Å². The van der Waals surface area contributed by atoms with Crippen LogP contribution in [0.3, 0.4) is 0 Å². The molecule has 2 fully saturated rings. The molecular weight excluding hydrogens is 437 g/mol. The van der Waals surface area contributed by atoms with Crippen LogP contribution in [0.15, 0.2) is 59.8 Å². The fourth-order valence-corrected chi connectivity index (χ4v) is 5.24. The van der Waals surface area contributed by atoms with E-state index in [1.54, 1.807) is 12.1 Å². The highest BCUT2D eigenvalue weighted by molar-refractivity contribution is 8.00. The van der Waals surface area contributed by atoms with Gasteiger partial charge in [0.15, 0.2) is 11.0 Å². The smallest absolute Gasteiger partial charge is 0.238 e. The fraction of sp³-hybridized carbons (Fsp3) is 0.400. The van der Waals surface area contributed by atoms with Crippen molar-refractivity contribution in [3.05, 3.63) is 71.8 Å². The Bertz CT molecular complexity index is 1080. The SMILES string of the molecule is O=C(NC1CC1)C(Sc1nnc(CN2CCCCC2)n1-c1ccccc1)c1ccc(F)cc1. The zero-order valence-corrected chi connectivity index (χ0v) is 19.3. The number of hydrogen-bond acceptors (Lipinski definition) is 5. The van der Waals surface area contributed by atoms with Crippen molar-refractivity contribution in [3.63, 3.8) is 0 Å². The number of piperidine rings is 1. The maximum absolute atomic E-state index is 13.6. The van der Waals surface area contributed by atoms with Gasteiger partial charge in [0.1, 0.15) is 11.1 Å². The van der Waals surface area contributed by atoms with E-state index in [0.717, 1.165) is 49.6 Å². The summed E-state index contributed by atoms with van der Waals surface area (Å²) in [5.74, 6) is 0.474. The number of likely N-dealkylation sites (tertiary alicyclic amines) is 1. The molecule has 1 aliphatic heterocycles. The lowest BCUT2D eigenvalue weighted by Crippen LogP contribution is -2.30. The summed E-state index contributed by atoms with van der Waals surface area (Å²) in [5, 5.41) is 12.3. The molecule has 2 aromatic carbocycles. The lowest BCUT2D eigenvalue weighted by atomic mass is 10.1. The Labute approximate surface area is 197 Å². The van der Waals surface area contributed by atoms with Gasteiger partial charge in [0.25, 0.3) is 0 Å². The lowest BCUT2D eigenvalue weighted by Gasteiger charge is -2.26. The minimum atomic E-state index is -0.541. The Balaban J connectivity index is 1.47. The third-order valence-corrected chi connectivity index (χ3v) is 7.28. The molecule has 2 heterocycles. The summed E-state index contributed by atoms with van der Waals surface area (Å²) in [6, 6.07) is 16.4. The molecule has 1 unspecified atom stereocenters. The van der Waals surface area contributed by atoms with Gasteiger partial charge in [-0.05, 0) is 68.6 Å². The van der Waals surface area contributed by atoms with Gasteiger partial charge >= 0.3 is 0 Å². The van der Waals surface area contributed by atoms with E-state index in [1.807, 2.05) is 30.3 Å². The maximum Gasteiger partial charge on any atom is 0.238 e. The normalized spacial score (nSPS) is 17.6. The zero-order chi connectivity index (χ0) is 22.6. The summed E-state index contributed by atoms with van der Waals surface area (Å²) < 4.78 is 15.6. The van der Waals surface area contributed by atoms with Crippen LogP contribution in [-0.2, 0) is 11.3 Å². The molecule has 1 aromatic heterocycles. The van der Waals surface area contributed by atoms with Crippen LogP contribution in [-0.4, -0.2) is 44.7 Å². The van der Waals surface area contributed by atoms with Gasteiger partial charge in [-0.25, -0.2) is 4.39 Å². The zero-order valence-electron chi connectivity index (χ0n) is 18.5. The Kier molecular flexibility index (Phi) is 6.73. The number of amides is 1. The molecule has 172 valence electrons. The number of hydrogen-bond donors (Lipinski definition) is 1. The van der Waals surface area contributed by atoms with E-state index in [0.29, 0.717) is 5.16 Å². The minimum Gasteiger partial charge on any atom is -0.352 e. The molecule has 1 amide bonds. The highest BCUT2D eigenvalue weighted by atomic mass is 32.2. The summed E-state index contributed by atoms with van der Waals surface area (Å²) >= 11 is 1.37. The highest BCUT2D eigenvalue weighted by Crippen LogP contribution is 2.37. The van der Waals surface area contributed by atoms with Crippen LogP contribution in [0.1, 0.15) is 48.7 Å². The number of nitrogens with zero attached hydrogens (tertiary/aromatic N) is 4. The second kappa shape index (κ2) is 10.1. The topological polar surface area (TPSA) is 63.1 Å². The molecule has 6 nitrogen and oxygen atoms in total. The van der Waals surface area contributed by atoms with Crippen LogP contribution < -0.4 is 5.32 Å². The maximum atomic E-state index is 13.6. The van der Waals surface area contributed by atoms with Crippen molar-refractivity contribution in [3.8, 4) is 5.69 Å². The molecule has 0 bridgehead atoms. The number of nitrogens with one attached hydrogen (secondary N) is 1. The van der Waals surface area contributed by atoms with Gasteiger partial charge in [-0.15, -0.1) is 10.2 Å². The van der Waals surface area contributed by atoms with Gasteiger partial charge in [0.05, 0.1) is 6.54 Å². The first-order valence-corrected chi connectivity index (χ1v) is 12.5. The third-order valence-electron chi connectivity index (χ3n) is 6.09. The molecule has 1 aliphatic carbocycles. The van der Waals surface area contributed by atoms with Gasteiger partial charge in [-0.3, -0.25) is 14.3 Å². The number of para-hydroxylation sites is 1. The molecule has 1 atom stereocenters. The number of carbonyl (C=O) groups is 1. The molecule has 1 saturated carbocycles. The number of carbonyl (C=O) groups excluding carboxylic acids is 1. The van der Waals surface area contributed by atoms with E-state index >= 15 is 0 Å². The molecular formula is C25H28FN5OS. The summed E-state index contributed by atoms with van der Waals surface area (Å²) in [4.78, 5) is 15.6. The Hall–Kier alpha value is -2.71. The third kappa shape index (κ3) is 5.45. The van der Waals surface area contributed by atoms with Crippen molar-refractivity contribution < 1.29 is 9.18 Å². The highest BCUT2D eigenvalue weighted by Gasteiger charge is 2.31. The van der Waals surface area contributed by atoms with Crippen molar-refractivity contribution in [1.29, 1.82) is 0 Å². The van der Waals surface area contributed by atoms with Crippen molar-refractivity contribution >= 4 is 17.7 Å². The van der Waals surface area contributed by atoms with E-state index in [2.05, 4.69) is 25.0 Å². The monoisotopic (exact) mass is 465 g/mol. The van der Waals surface area contributed by atoms with Crippen molar-refractivity contribution in [2.75, 3.05) is 13.1 Å². The Morgan fingerprint density at radius 3 is 2.45 bits per heavy atom. The first kappa shape index (κ1) is 22.1. The van der Waals surface area contributed by atoms with Gasteiger partial charge in [0.2, 0.25) is 5.91 Å². The van der Waals surface area contributed by atoms with Crippen LogP contribution in [0.25, 0.3) is 5.69 Å². The van der Waals surface area contributed by atoms with Crippen LogP contribution in [0.4, 0.5) is 4.39 Å². The van der Waals surface area contributed by atoms with E-state index < -0.39 is 5.25 Å². The van der Waals surface area contributed by atoms with Crippen molar-refractivity contribution in [1.82, 2.24) is 25.0 Å². The van der Waals surface area contributed by atoms with E-state index in [1.165, 1.54) is 43.2 Å². The van der Waals surface area contributed by atoms with E-state index in [4.69, 9.17) is 0 Å². The number of thioether (sulfide) groups is 1. The van der Waals surface area contributed by atoms with Gasteiger partial charge < -0.3 is 5.32 Å². The standard InChI is InChI=1S/C25H28FN5OS/c26-19-11-9-18(10-12-19)23(24(32)27-20-13-14-20)33-25-29-28-22(17-30-15-5-2-6-16-30)31(25)21-7-3-1-4-8-21/h1,3-4,7-12,20,23H,2,5-6,13-17H2,(H,27,32). The summed E-state index contributed by atoms with van der Waals surface area (Å²) in [7, 11) is 0. The van der Waals surface area contributed by atoms with Crippen LogP contribution in [0.5, 0.6) is 0 Å². The van der Waals surface area contributed by atoms with Gasteiger partial charge in [0, 0.05) is 11.7 Å². The number of rotatable bonds is 8. The van der Waals surface area contributed by atoms with Gasteiger partial charge in [-0.1, -0.05) is 48.5 Å². The quantitative estimate of drug-likeness (QED) is 0.496. The van der Waals surface area contributed by atoms with Crippen LogP contribution in [0.2, 0.25) is 0 Å². The molecule has 1 saturated heterocycles. The summed E-state index contributed by atoms with van der Waals surface area (Å²) in [5.41, 5.74) is 1.72. The first-order chi connectivity index (χ1) is 16.2. The van der Waals surface area contributed by atoms with Crippen molar-refractivity contribution in [2.45, 2.75) is 55.1 Å². The molecule has 1 N–H and O–H groups in total. The summed E-state index contributed by atoms with van der Waals surface area (Å²) in [6.07, 6.45) is 5.70. The second-order valence-corrected chi connectivity index (χ2v) is 9.81. The van der Waals surface area contributed by atoms with Gasteiger partial charge in [-0.2, -0.15) is 0 Å². The number of halogens is 1. The average Bonchev–Trinajstić information content (AvgIpc) is 3.57. The lowest BCUT2D eigenvalue weighted by molar-refractivity contribution is -0.120. The molecule has 5 rings (SSSR count). The van der Waals surface area contributed by atoms with E-state index in [9.17, 15) is 9.18 Å². The molecule has 0 radical (unpaired) electrons. The van der Waals surface area contributed by atoms with Crippen molar-refractivity contribution in [2.24, 2.45) is 0 Å². The fourth-order valence-electron chi connectivity index (χ4n) is 4.15. The molecule has 8 heteroatoms. The molecule has 0 spiro atoms.